The Morgan fingerprint density at radius 2 is 1.92 bits per heavy atom. The van der Waals surface area contributed by atoms with Gasteiger partial charge in [-0.25, -0.2) is 9.18 Å². The minimum atomic E-state index is -2.29. The molecule has 1 N–H and O–H groups in total. The van der Waals surface area contributed by atoms with Gasteiger partial charge in [0, 0.05) is 18.9 Å². The first-order valence-corrected chi connectivity index (χ1v) is 8.18. The highest BCUT2D eigenvalue weighted by Gasteiger charge is 2.52. The van der Waals surface area contributed by atoms with Crippen molar-refractivity contribution >= 4 is 22.6 Å². The maximum atomic E-state index is 14.1. The second kappa shape index (κ2) is 5.30. The molecule has 1 amide bonds. The number of rotatable bonds is 3. The van der Waals surface area contributed by atoms with Crippen LogP contribution in [0.5, 0.6) is 0 Å². The smallest absolute Gasteiger partial charge is 0.343 e. The van der Waals surface area contributed by atoms with Crippen molar-refractivity contribution in [2.24, 2.45) is 5.92 Å². The number of carbonyl (C=O) groups excluding carboxylic acids is 1. The van der Waals surface area contributed by atoms with E-state index in [-0.39, 0.29) is 37.3 Å². The number of carboxylic acid groups (broad SMARTS) is 1. The van der Waals surface area contributed by atoms with Crippen LogP contribution in [0, 0.1) is 5.92 Å². The minimum Gasteiger partial charge on any atom is -0.479 e. The summed E-state index contributed by atoms with van der Waals surface area (Å²) in [5, 5.41) is 11.2. The molecule has 3 atom stereocenters. The van der Waals surface area contributed by atoms with Crippen molar-refractivity contribution in [3.05, 3.63) is 48.0 Å². The van der Waals surface area contributed by atoms with Gasteiger partial charge in [-0.15, -0.1) is 0 Å². The van der Waals surface area contributed by atoms with Crippen LogP contribution in [-0.2, 0) is 9.59 Å². The molecular weight excluding hydrogens is 309 g/mol. The van der Waals surface area contributed by atoms with Crippen molar-refractivity contribution in [1.82, 2.24) is 4.90 Å². The molecule has 2 aromatic carbocycles. The fraction of sp³-hybridized carbons (Fsp3) is 0.368. The summed E-state index contributed by atoms with van der Waals surface area (Å²) in [6, 6.07) is 14.3. The second-order valence-corrected chi connectivity index (χ2v) is 6.84. The fourth-order valence-electron chi connectivity index (χ4n) is 3.64. The Hall–Kier alpha value is -2.43. The maximum Gasteiger partial charge on any atom is 0.343 e. The number of hydrogen-bond acceptors (Lipinski definition) is 2. The number of fused-ring (bicyclic) bond motifs is 1. The molecule has 3 unspecified atom stereocenters. The predicted octanol–water partition coefficient (Wildman–Crippen LogP) is 2.97. The average Bonchev–Trinajstić information content (AvgIpc) is 3.28. The first kappa shape index (κ1) is 15.1. The number of amides is 1. The molecule has 0 spiro atoms. The molecule has 1 aliphatic carbocycles. The lowest BCUT2D eigenvalue weighted by Crippen LogP contribution is -2.39. The van der Waals surface area contributed by atoms with Gasteiger partial charge in [0.2, 0.25) is 11.6 Å². The third-order valence-corrected chi connectivity index (χ3v) is 5.22. The molecule has 2 aromatic rings. The summed E-state index contributed by atoms with van der Waals surface area (Å²) in [5.41, 5.74) is -1.17. The standard InChI is InChI=1S/C19H18FNO3/c20-19(18(23)24)7-8-21(11-19)17(22)16-10-15(16)14-6-5-12-3-1-2-4-13(12)9-14/h1-6,9,15-16H,7-8,10-11H2,(H,23,24). The Balaban J connectivity index is 1.47. The van der Waals surface area contributed by atoms with Gasteiger partial charge in [0.1, 0.15) is 0 Å². The van der Waals surface area contributed by atoms with Gasteiger partial charge in [0.25, 0.3) is 0 Å². The first-order valence-electron chi connectivity index (χ1n) is 8.18. The molecule has 1 aliphatic heterocycles. The van der Waals surface area contributed by atoms with E-state index in [1.165, 1.54) is 4.90 Å². The zero-order valence-electron chi connectivity index (χ0n) is 13.1. The van der Waals surface area contributed by atoms with Crippen molar-refractivity contribution in [3.8, 4) is 0 Å². The van der Waals surface area contributed by atoms with Gasteiger partial charge < -0.3 is 10.0 Å². The lowest BCUT2D eigenvalue weighted by molar-refractivity contribution is -0.150. The van der Waals surface area contributed by atoms with Crippen molar-refractivity contribution in [1.29, 1.82) is 0 Å². The van der Waals surface area contributed by atoms with E-state index in [2.05, 4.69) is 12.1 Å². The van der Waals surface area contributed by atoms with Crippen LogP contribution in [0.2, 0.25) is 0 Å². The Bertz CT molecular complexity index is 836. The third kappa shape index (κ3) is 2.44. The average molecular weight is 327 g/mol. The van der Waals surface area contributed by atoms with E-state index < -0.39 is 11.6 Å². The summed E-state index contributed by atoms with van der Waals surface area (Å²) in [5.74, 6) is -1.59. The van der Waals surface area contributed by atoms with Crippen LogP contribution in [0.1, 0.15) is 24.3 Å². The topological polar surface area (TPSA) is 57.6 Å². The van der Waals surface area contributed by atoms with Crippen molar-refractivity contribution < 1.29 is 19.1 Å². The Labute approximate surface area is 138 Å². The molecule has 5 heteroatoms. The second-order valence-electron chi connectivity index (χ2n) is 6.84. The molecule has 2 aliphatic rings. The third-order valence-electron chi connectivity index (χ3n) is 5.22. The van der Waals surface area contributed by atoms with Crippen LogP contribution < -0.4 is 0 Å². The Morgan fingerprint density at radius 1 is 1.17 bits per heavy atom. The number of likely N-dealkylation sites (tertiary alicyclic amines) is 1. The van der Waals surface area contributed by atoms with Gasteiger partial charge in [-0.2, -0.15) is 0 Å². The SMILES string of the molecule is O=C(C1CC1c1ccc2ccccc2c1)N1CCC(F)(C(=O)O)C1. The highest BCUT2D eigenvalue weighted by Crippen LogP contribution is 2.49. The lowest BCUT2D eigenvalue weighted by Gasteiger charge is -2.17. The first-order chi connectivity index (χ1) is 11.5. The Morgan fingerprint density at radius 3 is 2.62 bits per heavy atom. The molecule has 1 saturated heterocycles. The number of aliphatic carboxylic acids is 1. The van der Waals surface area contributed by atoms with Crippen molar-refractivity contribution in [2.75, 3.05) is 13.1 Å². The number of halogens is 1. The number of alkyl halides is 1. The maximum absolute atomic E-state index is 14.1. The highest BCUT2D eigenvalue weighted by atomic mass is 19.1. The molecule has 1 heterocycles. The van der Waals surface area contributed by atoms with Crippen molar-refractivity contribution in [3.63, 3.8) is 0 Å². The van der Waals surface area contributed by atoms with Gasteiger partial charge in [0.15, 0.2) is 0 Å². The van der Waals surface area contributed by atoms with Crippen LogP contribution in [0.15, 0.2) is 42.5 Å². The number of nitrogens with zero attached hydrogens (tertiary/aromatic N) is 1. The molecule has 4 nitrogen and oxygen atoms in total. The van der Waals surface area contributed by atoms with Crippen LogP contribution in [-0.4, -0.2) is 40.6 Å². The predicted molar refractivity (Wildman–Crippen MR) is 87.5 cm³/mol. The van der Waals surface area contributed by atoms with Gasteiger partial charge >= 0.3 is 5.97 Å². The highest BCUT2D eigenvalue weighted by molar-refractivity contribution is 5.87. The summed E-state index contributed by atoms with van der Waals surface area (Å²) in [6.07, 6.45) is 0.626. The molecule has 0 aromatic heterocycles. The van der Waals surface area contributed by atoms with E-state index in [0.29, 0.717) is 0 Å². The van der Waals surface area contributed by atoms with Gasteiger partial charge in [-0.05, 0) is 28.7 Å². The molecule has 124 valence electrons. The molecule has 0 bridgehead atoms. The van der Waals surface area contributed by atoms with Crippen LogP contribution in [0.25, 0.3) is 10.8 Å². The van der Waals surface area contributed by atoms with E-state index in [1.54, 1.807) is 0 Å². The largest absolute Gasteiger partial charge is 0.479 e. The summed E-state index contributed by atoms with van der Waals surface area (Å²) in [7, 11) is 0. The number of carbonyl (C=O) groups is 2. The zero-order chi connectivity index (χ0) is 16.9. The van der Waals surface area contributed by atoms with E-state index in [1.807, 2.05) is 30.3 Å². The number of benzene rings is 2. The molecular formula is C19H18FNO3. The number of carboxylic acids is 1. The lowest BCUT2D eigenvalue weighted by atomic mass is 10.0. The summed E-state index contributed by atoms with van der Waals surface area (Å²) >= 11 is 0. The van der Waals surface area contributed by atoms with Gasteiger partial charge in [-0.3, -0.25) is 4.79 Å². The van der Waals surface area contributed by atoms with Gasteiger partial charge in [0.05, 0.1) is 6.54 Å². The monoisotopic (exact) mass is 327 g/mol. The molecule has 2 fully saturated rings. The van der Waals surface area contributed by atoms with E-state index in [4.69, 9.17) is 5.11 Å². The zero-order valence-corrected chi connectivity index (χ0v) is 13.1. The summed E-state index contributed by atoms with van der Waals surface area (Å²) in [4.78, 5) is 24.9. The molecule has 0 radical (unpaired) electrons. The van der Waals surface area contributed by atoms with Crippen LogP contribution in [0.4, 0.5) is 4.39 Å². The minimum absolute atomic E-state index is 0.117. The molecule has 24 heavy (non-hydrogen) atoms. The molecule has 1 saturated carbocycles. The van der Waals surface area contributed by atoms with Crippen LogP contribution in [0.3, 0.4) is 0 Å². The molecule has 4 rings (SSSR count). The number of hydrogen-bond donors (Lipinski definition) is 1. The summed E-state index contributed by atoms with van der Waals surface area (Å²) < 4.78 is 14.1. The van der Waals surface area contributed by atoms with E-state index in [0.717, 1.165) is 22.8 Å². The fourth-order valence-corrected chi connectivity index (χ4v) is 3.64. The van der Waals surface area contributed by atoms with Crippen molar-refractivity contribution in [2.45, 2.75) is 24.4 Å². The normalized spacial score (nSPS) is 29.0. The summed E-state index contributed by atoms with van der Waals surface area (Å²) in [6.45, 7) is -0.148. The van der Waals surface area contributed by atoms with E-state index in [9.17, 15) is 14.0 Å². The van der Waals surface area contributed by atoms with Crippen LogP contribution >= 0.6 is 0 Å². The quantitative estimate of drug-likeness (QED) is 0.943. The van der Waals surface area contributed by atoms with E-state index >= 15 is 0 Å². The van der Waals surface area contributed by atoms with Gasteiger partial charge in [-0.1, -0.05) is 42.5 Å². The Kier molecular flexibility index (Phi) is 3.34.